The van der Waals surface area contributed by atoms with Gasteiger partial charge in [-0.25, -0.2) is 0 Å². The number of benzene rings is 1. The van der Waals surface area contributed by atoms with Crippen LogP contribution in [0.5, 0.6) is 5.75 Å². The maximum atomic E-state index is 5.62. The Labute approximate surface area is 82.5 Å². The van der Waals surface area contributed by atoms with Crippen molar-refractivity contribution >= 4 is 31.0 Å². The fourth-order valence-electron chi connectivity index (χ4n) is 1.03. The van der Waals surface area contributed by atoms with Gasteiger partial charge in [-0.15, -0.1) is 0 Å². The summed E-state index contributed by atoms with van der Waals surface area (Å²) >= 11 is 5.98. The first-order valence-electron chi connectivity index (χ1n) is 3.59. The number of ether oxygens (including phenoxy) is 1. The van der Waals surface area contributed by atoms with Gasteiger partial charge in [-0.05, 0) is 0 Å². The van der Waals surface area contributed by atoms with E-state index < -0.39 is 0 Å². The van der Waals surface area contributed by atoms with Gasteiger partial charge in [0.05, 0.1) is 0 Å². The zero-order valence-electron chi connectivity index (χ0n) is 6.29. The van der Waals surface area contributed by atoms with E-state index in [4.69, 9.17) is 16.3 Å². The molecule has 0 spiro atoms. The molecule has 1 aliphatic rings. The first kappa shape index (κ1) is 8.18. The zero-order chi connectivity index (χ0) is 8.39. The van der Waals surface area contributed by atoms with E-state index in [1.165, 1.54) is 8.93 Å². The number of rotatable bonds is 0. The molecule has 3 heteroatoms. The van der Waals surface area contributed by atoms with Gasteiger partial charge in [-0.3, -0.25) is 0 Å². The molecular weight excluding hydrogens is 239 g/mol. The van der Waals surface area contributed by atoms with Crippen molar-refractivity contribution < 1.29 is 4.74 Å². The molecule has 0 aliphatic carbocycles. The first-order chi connectivity index (χ1) is 5.90. The van der Waals surface area contributed by atoms with Crippen LogP contribution in [0.15, 0.2) is 34.3 Å². The number of fused-ring (bicyclic) bond motifs is 1. The third kappa shape index (κ3) is 1.51. The molecule has 0 unspecified atom stereocenters. The van der Waals surface area contributed by atoms with Crippen molar-refractivity contribution in [3.8, 4) is 5.75 Å². The van der Waals surface area contributed by atoms with Crippen molar-refractivity contribution in [1.29, 1.82) is 0 Å². The number of halogens is 1. The first-order valence-corrected chi connectivity index (χ1v) is 5.74. The number of hydrogen-bond acceptors (Lipinski definition) is 1. The minimum atomic E-state index is 0.358. The Bertz CT molecular complexity index is 322. The van der Waals surface area contributed by atoms with Gasteiger partial charge in [-0.2, -0.15) is 0 Å². The predicted octanol–water partition coefficient (Wildman–Crippen LogP) is 1.49. The molecule has 0 N–H and O–H groups in total. The Morgan fingerprint density at radius 3 is 3.08 bits per heavy atom. The second-order valence-electron chi connectivity index (χ2n) is 2.41. The fraction of sp³-hybridized carbons (Fsp3) is 0.111. The summed E-state index contributed by atoms with van der Waals surface area (Å²) in [4.78, 5) is 0. The Balaban J connectivity index is 2.35. The van der Waals surface area contributed by atoms with E-state index in [-0.39, 0.29) is 0 Å². The molecule has 1 nitrogen and oxygen atoms in total. The standard InChI is InChI=1S/C9H7ClOSe/c10-5-7-6-11-8-3-1-2-4-9(8)12-7/h1-5H,6H2/b7-5+. The summed E-state index contributed by atoms with van der Waals surface area (Å²) in [5.74, 6) is 1.01. The predicted molar refractivity (Wildman–Crippen MR) is 51.3 cm³/mol. The van der Waals surface area contributed by atoms with E-state index >= 15 is 0 Å². The van der Waals surface area contributed by atoms with Crippen LogP contribution in [0.25, 0.3) is 0 Å². The Morgan fingerprint density at radius 2 is 2.25 bits per heavy atom. The second-order valence-corrected chi connectivity index (χ2v) is 5.08. The summed E-state index contributed by atoms with van der Waals surface area (Å²) in [6.07, 6.45) is 0. The van der Waals surface area contributed by atoms with E-state index in [9.17, 15) is 0 Å². The van der Waals surface area contributed by atoms with Gasteiger partial charge in [0.25, 0.3) is 0 Å². The van der Waals surface area contributed by atoms with Gasteiger partial charge in [0.2, 0.25) is 0 Å². The van der Waals surface area contributed by atoms with Crippen LogP contribution < -0.4 is 9.20 Å². The van der Waals surface area contributed by atoms with Gasteiger partial charge in [0, 0.05) is 0 Å². The average molecular weight is 246 g/mol. The molecule has 0 bridgehead atoms. The van der Waals surface area contributed by atoms with Crippen molar-refractivity contribution in [1.82, 2.24) is 0 Å². The molecular formula is C9H7ClOSe. The third-order valence-electron chi connectivity index (χ3n) is 1.58. The third-order valence-corrected chi connectivity index (χ3v) is 4.35. The molecule has 0 saturated carbocycles. The van der Waals surface area contributed by atoms with Gasteiger partial charge >= 0.3 is 82.4 Å². The Kier molecular flexibility index (Phi) is 2.40. The van der Waals surface area contributed by atoms with Gasteiger partial charge in [0.15, 0.2) is 0 Å². The summed E-state index contributed by atoms with van der Waals surface area (Å²) in [6, 6.07) is 8.11. The molecule has 62 valence electrons. The molecule has 0 amide bonds. The molecule has 2 rings (SSSR count). The molecule has 1 heterocycles. The van der Waals surface area contributed by atoms with Crippen molar-refractivity contribution in [2.24, 2.45) is 0 Å². The van der Waals surface area contributed by atoms with Crippen LogP contribution in [0.2, 0.25) is 0 Å². The molecule has 0 saturated heterocycles. The van der Waals surface area contributed by atoms with E-state index in [1.807, 2.05) is 18.2 Å². The van der Waals surface area contributed by atoms with E-state index in [0.717, 1.165) is 5.75 Å². The quantitative estimate of drug-likeness (QED) is 0.630. The van der Waals surface area contributed by atoms with Crippen LogP contribution in [0.4, 0.5) is 0 Å². The minimum absolute atomic E-state index is 0.358. The fourth-order valence-corrected chi connectivity index (χ4v) is 3.04. The van der Waals surface area contributed by atoms with Gasteiger partial charge in [0.1, 0.15) is 0 Å². The normalized spacial score (nSPS) is 18.6. The summed E-state index contributed by atoms with van der Waals surface area (Å²) in [7, 11) is 0. The molecule has 1 aliphatic heterocycles. The second kappa shape index (κ2) is 3.53. The van der Waals surface area contributed by atoms with Crippen LogP contribution in [-0.2, 0) is 0 Å². The molecule has 0 atom stereocenters. The van der Waals surface area contributed by atoms with E-state index in [2.05, 4.69) is 6.07 Å². The summed E-state index contributed by atoms with van der Waals surface area (Å²) in [5.41, 5.74) is 1.63. The SMILES string of the molecule is Cl/C=C1\COc2ccccc2[Se]1. The molecule has 0 radical (unpaired) electrons. The van der Waals surface area contributed by atoms with Gasteiger partial charge in [-0.1, -0.05) is 0 Å². The van der Waals surface area contributed by atoms with E-state index in [1.54, 1.807) is 5.54 Å². The molecule has 0 aromatic heterocycles. The Morgan fingerprint density at radius 1 is 1.42 bits per heavy atom. The van der Waals surface area contributed by atoms with Crippen LogP contribution in [-0.4, -0.2) is 21.6 Å². The summed E-state index contributed by atoms with van der Waals surface area (Å²) in [6.45, 7) is 0.653. The van der Waals surface area contributed by atoms with Crippen molar-refractivity contribution in [2.75, 3.05) is 6.61 Å². The van der Waals surface area contributed by atoms with E-state index in [0.29, 0.717) is 21.6 Å². The topological polar surface area (TPSA) is 9.23 Å². The monoisotopic (exact) mass is 246 g/mol. The maximum absolute atomic E-state index is 5.62. The van der Waals surface area contributed by atoms with Crippen LogP contribution in [0.3, 0.4) is 0 Å². The summed E-state index contributed by atoms with van der Waals surface area (Å²) in [5, 5.41) is 0. The van der Waals surface area contributed by atoms with Crippen molar-refractivity contribution in [2.45, 2.75) is 0 Å². The number of hydrogen-bond donors (Lipinski definition) is 0. The van der Waals surface area contributed by atoms with Crippen molar-refractivity contribution in [3.05, 3.63) is 34.3 Å². The zero-order valence-corrected chi connectivity index (χ0v) is 8.76. The molecule has 1 aromatic carbocycles. The van der Waals surface area contributed by atoms with Gasteiger partial charge < -0.3 is 0 Å². The summed E-state index contributed by atoms with van der Waals surface area (Å²) < 4.78 is 7.97. The molecule has 12 heavy (non-hydrogen) atoms. The van der Waals surface area contributed by atoms with Crippen LogP contribution in [0, 0.1) is 0 Å². The van der Waals surface area contributed by atoms with Crippen molar-refractivity contribution in [3.63, 3.8) is 0 Å². The molecule has 0 fully saturated rings. The Hall–Kier alpha value is -0.431. The number of para-hydroxylation sites is 1. The average Bonchev–Trinajstić information content (AvgIpc) is 2.17. The van der Waals surface area contributed by atoms with Crippen LogP contribution in [0.1, 0.15) is 0 Å². The van der Waals surface area contributed by atoms with Crippen LogP contribution >= 0.6 is 11.6 Å². The molecule has 1 aromatic rings.